The summed E-state index contributed by atoms with van der Waals surface area (Å²) in [5.41, 5.74) is 1.05. The van der Waals surface area contributed by atoms with Crippen molar-refractivity contribution in [3.8, 4) is 0 Å². The van der Waals surface area contributed by atoms with E-state index in [0.717, 1.165) is 5.56 Å². The van der Waals surface area contributed by atoms with E-state index in [1.807, 2.05) is 31.2 Å². The summed E-state index contributed by atoms with van der Waals surface area (Å²) < 4.78 is 11.0. The van der Waals surface area contributed by atoms with Gasteiger partial charge in [-0.1, -0.05) is 5.56 Å². The first-order chi connectivity index (χ1) is 5.81. The van der Waals surface area contributed by atoms with Gasteiger partial charge in [0.2, 0.25) is 0 Å². The Hall–Kier alpha value is 0.386. The molecule has 2 rings (SSSR count). The van der Waals surface area contributed by atoms with Gasteiger partial charge >= 0.3 is 23.1 Å². The summed E-state index contributed by atoms with van der Waals surface area (Å²) in [7, 11) is 0. The minimum Gasteiger partial charge on any atom is -1.00 e. The molecule has 1 saturated heterocycles. The number of hydrogen-bond acceptors (Lipinski definition) is 2. The Morgan fingerprint density at radius 2 is 1.71 bits per heavy atom. The smallest absolute Gasteiger partial charge is 1.00 e. The molecule has 0 atom stereocenters. The van der Waals surface area contributed by atoms with Gasteiger partial charge in [0.25, 0.3) is 0 Å². The quantitative estimate of drug-likeness (QED) is 0.447. The van der Waals surface area contributed by atoms with E-state index in [9.17, 15) is 0 Å². The van der Waals surface area contributed by atoms with Crippen LogP contribution in [0.25, 0.3) is 0 Å². The number of ether oxygens (including phenoxy) is 2. The summed E-state index contributed by atoms with van der Waals surface area (Å²) in [6.07, 6.45) is 0. The second-order valence-electron chi connectivity index (χ2n) is 2.93. The Labute approximate surface area is 111 Å². The Kier molecular flexibility index (Phi) is 6.24. The molecule has 1 fully saturated rings. The molecule has 1 aliphatic rings. The molecule has 2 nitrogen and oxygen atoms in total. The van der Waals surface area contributed by atoms with Crippen LogP contribution in [0.3, 0.4) is 0 Å². The predicted molar refractivity (Wildman–Crippen MR) is 50.3 cm³/mol. The molecule has 0 saturated carbocycles. The number of rotatable bonds is 1. The van der Waals surface area contributed by atoms with E-state index in [2.05, 4.69) is 6.07 Å². The first-order valence-electron chi connectivity index (χ1n) is 4.06. The van der Waals surface area contributed by atoms with E-state index >= 15 is 0 Å². The number of benzene rings is 1. The zero-order valence-corrected chi connectivity index (χ0v) is 11.1. The van der Waals surface area contributed by atoms with Crippen LogP contribution in [0.1, 0.15) is 12.5 Å². The van der Waals surface area contributed by atoms with E-state index in [1.54, 1.807) is 0 Å². The van der Waals surface area contributed by atoms with E-state index < -0.39 is 5.79 Å². The molecule has 4 heteroatoms. The summed E-state index contributed by atoms with van der Waals surface area (Å²) in [4.78, 5) is 0. The number of halogens is 1. The Balaban J connectivity index is 0.000000845. The monoisotopic (exact) mass is 266 g/mol. The minimum absolute atomic E-state index is 0. The molecule has 1 aromatic carbocycles. The first kappa shape index (κ1) is 14.4. The molecule has 0 bridgehead atoms. The largest absolute Gasteiger partial charge is 2.00 e. The molecule has 14 heavy (non-hydrogen) atoms. The molecule has 1 aliphatic heterocycles. The zero-order chi connectivity index (χ0) is 8.44. The molecular weight excluding hydrogens is 256 g/mol. The van der Waals surface area contributed by atoms with Crippen molar-refractivity contribution in [1.29, 1.82) is 0 Å². The van der Waals surface area contributed by atoms with Gasteiger partial charge < -0.3 is 26.5 Å². The molecule has 0 radical (unpaired) electrons. The minimum atomic E-state index is -0.533. The molecule has 0 amide bonds. The van der Waals surface area contributed by atoms with Crippen molar-refractivity contribution < 1.29 is 26.5 Å². The topological polar surface area (TPSA) is 18.5 Å². The third-order valence-corrected chi connectivity index (χ3v) is 2.08. The molecule has 0 aromatic heterocycles. The van der Waals surface area contributed by atoms with Crippen LogP contribution >= 0.6 is 0 Å². The maximum atomic E-state index is 5.49. The summed E-state index contributed by atoms with van der Waals surface area (Å²) in [6.45, 7) is 3.29. The van der Waals surface area contributed by atoms with Gasteiger partial charge in [-0.2, -0.15) is 30.3 Å². The Morgan fingerprint density at radius 3 is 2.21 bits per heavy atom. The van der Waals surface area contributed by atoms with Gasteiger partial charge in [0.15, 0.2) is 5.79 Å². The van der Waals surface area contributed by atoms with Crippen molar-refractivity contribution >= 4 is 23.1 Å². The van der Waals surface area contributed by atoms with Crippen LogP contribution in [-0.2, 0) is 15.3 Å². The molecule has 1 aromatic rings. The fourth-order valence-corrected chi connectivity index (χ4v) is 1.37. The van der Waals surface area contributed by atoms with Gasteiger partial charge in [-0.25, -0.2) is 0 Å². The Morgan fingerprint density at radius 1 is 1.21 bits per heavy atom. The first-order valence-corrected chi connectivity index (χ1v) is 4.06. The van der Waals surface area contributed by atoms with Crippen LogP contribution in [0.2, 0.25) is 0 Å². The van der Waals surface area contributed by atoms with Gasteiger partial charge in [-0.05, 0) is 6.92 Å². The third kappa shape index (κ3) is 2.94. The molecule has 1 heterocycles. The Bertz CT molecular complexity index is 260. The van der Waals surface area contributed by atoms with Crippen molar-refractivity contribution in [3.63, 3.8) is 0 Å². The van der Waals surface area contributed by atoms with E-state index in [1.165, 1.54) is 0 Å². The van der Waals surface area contributed by atoms with Gasteiger partial charge in [0.05, 0.1) is 13.2 Å². The SMILES string of the molecule is CC1(c2cc[c-]cc2)OCCO1.[Br-].[Mg+2]. The predicted octanol–water partition coefficient (Wildman–Crippen LogP) is -1.67. The summed E-state index contributed by atoms with van der Waals surface area (Å²) in [5.74, 6) is -0.533. The zero-order valence-electron chi connectivity index (χ0n) is 8.13. The summed E-state index contributed by atoms with van der Waals surface area (Å²) >= 11 is 0. The molecule has 72 valence electrons. The van der Waals surface area contributed by atoms with Crippen molar-refractivity contribution in [1.82, 2.24) is 0 Å². The molecule has 0 aliphatic carbocycles. The van der Waals surface area contributed by atoms with Crippen LogP contribution in [0.15, 0.2) is 24.3 Å². The van der Waals surface area contributed by atoms with Crippen molar-refractivity contribution in [2.24, 2.45) is 0 Å². The average Bonchev–Trinajstić information content (AvgIpc) is 2.55. The van der Waals surface area contributed by atoms with Crippen LogP contribution in [0, 0.1) is 6.07 Å². The molecule has 0 unspecified atom stereocenters. The van der Waals surface area contributed by atoms with Crippen molar-refractivity contribution in [2.75, 3.05) is 13.2 Å². The average molecular weight is 267 g/mol. The molecule has 0 spiro atoms. The van der Waals surface area contributed by atoms with Crippen LogP contribution in [0.5, 0.6) is 0 Å². The van der Waals surface area contributed by atoms with Gasteiger partial charge in [0.1, 0.15) is 0 Å². The van der Waals surface area contributed by atoms with Crippen LogP contribution in [-0.4, -0.2) is 36.3 Å². The van der Waals surface area contributed by atoms with Gasteiger partial charge in [-0.15, -0.1) is 0 Å². The molecular formula is C10H11BrMgO2. The van der Waals surface area contributed by atoms with E-state index in [-0.39, 0.29) is 40.0 Å². The summed E-state index contributed by atoms with van der Waals surface area (Å²) in [5, 5.41) is 0. The van der Waals surface area contributed by atoms with Crippen LogP contribution in [0.4, 0.5) is 0 Å². The maximum absolute atomic E-state index is 5.49. The van der Waals surface area contributed by atoms with Crippen molar-refractivity contribution in [3.05, 3.63) is 35.9 Å². The molecule has 0 N–H and O–H groups in total. The third-order valence-electron chi connectivity index (χ3n) is 2.08. The van der Waals surface area contributed by atoms with E-state index in [0.29, 0.717) is 13.2 Å². The van der Waals surface area contributed by atoms with Gasteiger partial charge in [0, 0.05) is 0 Å². The van der Waals surface area contributed by atoms with Crippen molar-refractivity contribution in [2.45, 2.75) is 12.7 Å². The maximum Gasteiger partial charge on any atom is 2.00 e. The second kappa shape index (κ2) is 6.08. The van der Waals surface area contributed by atoms with Crippen LogP contribution < -0.4 is 17.0 Å². The fraction of sp³-hybridized carbons (Fsp3) is 0.400. The second-order valence-corrected chi connectivity index (χ2v) is 2.93. The number of hydrogen-bond donors (Lipinski definition) is 0. The fourth-order valence-electron chi connectivity index (χ4n) is 1.37. The van der Waals surface area contributed by atoms with Gasteiger partial charge in [-0.3, -0.25) is 0 Å². The summed E-state index contributed by atoms with van der Waals surface area (Å²) in [6, 6.07) is 10.6. The standard InChI is InChI=1S/C10H11O2.BrH.Mg/c1-10(11-7-8-12-10)9-5-3-2-4-6-9;;/h3-6H,7-8H2,1H3;1H;/q-1;;+2/p-1. The van der Waals surface area contributed by atoms with E-state index in [4.69, 9.17) is 9.47 Å². The normalized spacial score (nSPS) is 18.1.